The molecule has 0 aliphatic carbocycles. The first kappa shape index (κ1) is 11.0. The monoisotopic (exact) mass is 225 g/mol. The maximum atomic E-state index is 13.8. The topological polar surface area (TPSA) is 20.3 Å². The first-order valence-corrected chi connectivity index (χ1v) is 5.31. The third kappa shape index (κ3) is 1.92. The van der Waals surface area contributed by atoms with E-state index in [1.54, 1.807) is 11.8 Å². The molecule has 16 heavy (non-hydrogen) atoms. The number of hydrogen-bond acceptors (Lipinski definition) is 2. The van der Waals surface area contributed by atoms with Crippen LogP contribution in [0, 0.1) is 18.6 Å². The molecule has 0 bridgehead atoms. The van der Waals surface area contributed by atoms with Gasteiger partial charge in [-0.25, -0.2) is 8.78 Å². The van der Waals surface area contributed by atoms with E-state index in [9.17, 15) is 13.6 Å². The van der Waals surface area contributed by atoms with Crippen LogP contribution in [0.4, 0.5) is 14.5 Å². The number of ketones is 1. The number of piperidine rings is 1. The van der Waals surface area contributed by atoms with Crippen molar-refractivity contribution in [2.24, 2.45) is 0 Å². The number of nitrogens with zero attached hydrogens (tertiary/aromatic N) is 1. The normalized spacial score (nSPS) is 16.7. The van der Waals surface area contributed by atoms with Crippen molar-refractivity contribution in [3.63, 3.8) is 0 Å². The number of benzene rings is 1. The predicted molar refractivity (Wildman–Crippen MR) is 57.5 cm³/mol. The van der Waals surface area contributed by atoms with E-state index in [-0.39, 0.29) is 11.5 Å². The van der Waals surface area contributed by atoms with Gasteiger partial charge in [-0.15, -0.1) is 0 Å². The average Bonchev–Trinajstić information content (AvgIpc) is 2.27. The van der Waals surface area contributed by atoms with Crippen LogP contribution in [0.25, 0.3) is 0 Å². The Morgan fingerprint density at radius 3 is 2.44 bits per heavy atom. The van der Waals surface area contributed by atoms with Gasteiger partial charge in [0.2, 0.25) is 0 Å². The van der Waals surface area contributed by atoms with Gasteiger partial charge in [-0.3, -0.25) is 4.79 Å². The fraction of sp³-hybridized carbons (Fsp3) is 0.417. The zero-order valence-corrected chi connectivity index (χ0v) is 9.09. The van der Waals surface area contributed by atoms with Gasteiger partial charge in [0, 0.05) is 25.9 Å². The molecule has 0 unspecified atom stereocenters. The number of anilines is 1. The van der Waals surface area contributed by atoms with Gasteiger partial charge in [0.1, 0.15) is 17.3 Å². The van der Waals surface area contributed by atoms with Gasteiger partial charge in [-0.05, 0) is 18.6 Å². The highest BCUT2D eigenvalue weighted by Crippen LogP contribution is 2.27. The molecular formula is C12H13F2NO. The maximum Gasteiger partial charge on any atom is 0.152 e. The van der Waals surface area contributed by atoms with Crippen molar-refractivity contribution in [3.8, 4) is 0 Å². The number of Topliss-reactive ketones (excluding diaryl/α,β-unsaturated/α-hetero) is 1. The third-order valence-electron chi connectivity index (χ3n) is 2.90. The third-order valence-corrected chi connectivity index (χ3v) is 2.90. The highest BCUT2D eigenvalue weighted by Gasteiger charge is 2.22. The highest BCUT2D eigenvalue weighted by atomic mass is 19.1. The molecule has 0 spiro atoms. The molecule has 0 saturated carbocycles. The minimum Gasteiger partial charge on any atom is -0.366 e. The molecule has 1 aromatic carbocycles. The summed E-state index contributed by atoms with van der Waals surface area (Å²) in [6.45, 7) is 2.40. The summed E-state index contributed by atoms with van der Waals surface area (Å²) in [5, 5.41) is 0. The molecular weight excluding hydrogens is 212 g/mol. The van der Waals surface area contributed by atoms with Crippen LogP contribution in [0.5, 0.6) is 0 Å². The van der Waals surface area contributed by atoms with Gasteiger partial charge in [0.25, 0.3) is 0 Å². The molecule has 86 valence electrons. The molecule has 1 aliphatic heterocycles. The van der Waals surface area contributed by atoms with Gasteiger partial charge in [-0.1, -0.05) is 6.07 Å². The second kappa shape index (κ2) is 4.20. The SMILES string of the molecule is Cc1ccc(F)c(N2CCC(=O)CC2)c1F. The second-order valence-electron chi connectivity index (χ2n) is 4.05. The summed E-state index contributed by atoms with van der Waals surface area (Å²) in [5.41, 5.74) is 0.431. The maximum absolute atomic E-state index is 13.8. The molecule has 2 nitrogen and oxygen atoms in total. The Labute approximate surface area is 92.9 Å². The van der Waals surface area contributed by atoms with Crippen LogP contribution in [0.2, 0.25) is 0 Å². The van der Waals surface area contributed by atoms with E-state index in [0.717, 1.165) is 0 Å². The Hall–Kier alpha value is -1.45. The van der Waals surface area contributed by atoms with Crippen molar-refractivity contribution >= 4 is 11.5 Å². The molecule has 1 fully saturated rings. The van der Waals surface area contributed by atoms with Crippen molar-refractivity contribution < 1.29 is 13.6 Å². The van der Waals surface area contributed by atoms with Crippen LogP contribution >= 0.6 is 0 Å². The summed E-state index contributed by atoms with van der Waals surface area (Å²) in [7, 11) is 0. The zero-order valence-electron chi connectivity index (χ0n) is 9.09. The first-order chi connectivity index (χ1) is 7.59. The minimum atomic E-state index is -0.558. The molecule has 1 aromatic rings. The van der Waals surface area contributed by atoms with E-state index in [1.807, 2.05) is 0 Å². The van der Waals surface area contributed by atoms with Crippen LogP contribution in [0.3, 0.4) is 0 Å². The number of rotatable bonds is 1. The molecule has 0 aromatic heterocycles. The predicted octanol–water partition coefficient (Wildman–Crippen LogP) is 2.44. The van der Waals surface area contributed by atoms with Crippen molar-refractivity contribution in [1.82, 2.24) is 0 Å². The number of hydrogen-bond donors (Lipinski definition) is 0. The summed E-state index contributed by atoms with van der Waals surface area (Å²) in [5.74, 6) is -0.920. The van der Waals surface area contributed by atoms with E-state index < -0.39 is 11.6 Å². The average molecular weight is 225 g/mol. The van der Waals surface area contributed by atoms with E-state index in [4.69, 9.17) is 0 Å². The fourth-order valence-electron chi connectivity index (χ4n) is 1.91. The molecule has 1 aliphatic rings. The first-order valence-electron chi connectivity index (χ1n) is 5.31. The lowest BCUT2D eigenvalue weighted by atomic mass is 10.1. The minimum absolute atomic E-state index is 0.00694. The molecule has 0 amide bonds. The Morgan fingerprint density at radius 2 is 1.81 bits per heavy atom. The van der Waals surface area contributed by atoms with E-state index in [0.29, 0.717) is 31.5 Å². The van der Waals surface area contributed by atoms with Crippen LogP contribution in [-0.2, 0) is 4.79 Å². The van der Waals surface area contributed by atoms with Crippen molar-refractivity contribution in [1.29, 1.82) is 0 Å². The smallest absolute Gasteiger partial charge is 0.152 e. The van der Waals surface area contributed by atoms with Crippen LogP contribution in [-0.4, -0.2) is 18.9 Å². The Bertz CT molecular complexity index is 421. The number of aryl methyl sites for hydroxylation is 1. The lowest BCUT2D eigenvalue weighted by Gasteiger charge is -2.29. The standard InChI is InChI=1S/C12H13F2NO/c1-8-2-3-10(13)12(11(8)14)15-6-4-9(16)5-7-15/h2-3H,4-7H2,1H3. The molecule has 0 radical (unpaired) electrons. The van der Waals surface area contributed by atoms with E-state index in [2.05, 4.69) is 0 Å². The lowest BCUT2D eigenvalue weighted by Crippen LogP contribution is -2.35. The lowest BCUT2D eigenvalue weighted by molar-refractivity contribution is -0.119. The van der Waals surface area contributed by atoms with Gasteiger partial charge >= 0.3 is 0 Å². The molecule has 1 saturated heterocycles. The summed E-state index contributed by atoms with van der Waals surface area (Å²) >= 11 is 0. The number of carbonyl (C=O) groups is 1. The number of carbonyl (C=O) groups excluding carboxylic acids is 1. The van der Waals surface area contributed by atoms with E-state index in [1.165, 1.54) is 12.1 Å². The molecule has 0 N–H and O–H groups in total. The summed E-state index contributed by atoms with van der Waals surface area (Å²) < 4.78 is 27.3. The molecule has 2 rings (SSSR count). The molecule has 1 heterocycles. The number of halogens is 2. The van der Waals surface area contributed by atoms with Gasteiger partial charge in [0.15, 0.2) is 5.82 Å². The van der Waals surface area contributed by atoms with Gasteiger partial charge in [-0.2, -0.15) is 0 Å². The zero-order chi connectivity index (χ0) is 11.7. The summed E-state index contributed by atoms with van der Waals surface area (Å²) in [4.78, 5) is 12.7. The molecule has 4 heteroatoms. The summed E-state index contributed by atoms with van der Waals surface area (Å²) in [6, 6.07) is 2.69. The largest absolute Gasteiger partial charge is 0.366 e. The second-order valence-corrected chi connectivity index (χ2v) is 4.05. The van der Waals surface area contributed by atoms with Crippen molar-refractivity contribution in [2.75, 3.05) is 18.0 Å². The van der Waals surface area contributed by atoms with E-state index >= 15 is 0 Å². The van der Waals surface area contributed by atoms with Gasteiger partial charge in [0.05, 0.1) is 0 Å². The van der Waals surface area contributed by atoms with Gasteiger partial charge < -0.3 is 4.90 Å². The highest BCUT2D eigenvalue weighted by molar-refractivity contribution is 5.81. The van der Waals surface area contributed by atoms with Crippen LogP contribution < -0.4 is 4.90 Å². The van der Waals surface area contributed by atoms with Crippen molar-refractivity contribution in [2.45, 2.75) is 19.8 Å². The Morgan fingerprint density at radius 1 is 1.19 bits per heavy atom. The summed E-state index contributed by atoms with van der Waals surface area (Å²) in [6.07, 6.45) is 0.736. The van der Waals surface area contributed by atoms with Crippen molar-refractivity contribution in [3.05, 3.63) is 29.3 Å². The molecule has 0 atom stereocenters. The quantitative estimate of drug-likeness (QED) is 0.731. The van der Waals surface area contributed by atoms with Crippen LogP contribution in [0.1, 0.15) is 18.4 Å². The Kier molecular flexibility index (Phi) is 2.90. The van der Waals surface area contributed by atoms with Crippen LogP contribution in [0.15, 0.2) is 12.1 Å². The fourth-order valence-corrected chi connectivity index (χ4v) is 1.91. The Balaban J connectivity index is 2.33.